The molecule has 1 spiro atoms. The SMILES string of the molecule is CCC1(C(=O)OC2CCCCC2)OC12CCC2. The smallest absolute Gasteiger partial charge is 0.341 e. The summed E-state index contributed by atoms with van der Waals surface area (Å²) in [6.45, 7) is 2.04. The molecule has 0 amide bonds. The van der Waals surface area contributed by atoms with Crippen molar-refractivity contribution >= 4 is 5.97 Å². The van der Waals surface area contributed by atoms with E-state index in [1.54, 1.807) is 0 Å². The maximum absolute atomic E-state index is 12.3. The average molecular weight is 238 g/mol. The molecule has 1 unspecified atom stereocenters. The van der Waals surface area contributed by atoms with Gasteiger partial charge in [-0.25, -0.2) is 4.79 Å². The molecule has 3 fully saturated rings. The molecule has 3 aliphatic rings. The van der Waals surface area contributed by atoms with E-state index in [-0.39, 0.29) is 17.7 Å². The number of hydrogen-bond donors (Lipinski definition) is 0. The van der Waals surface area contributed by atoms with Gasteiger partial charge in [-0.2, -0.15) is 0 Å². The minimum atomic E-state index is -0.567. The lowest BCUT2D eigenvalue weighted by Crippen LogP contribution is -2.41. The fourth-order valence-corrected chi connectivity index (χ4v) is 3.51. The zero-order chi connectivity index (χ0) is 11.9. The largest absolute Gasteiger partial charge is 0.460 e. The number of esters is 1. The number of hydrogen-bond acceptors (Lipinski definition) is 3. The molecule has 3 nitrogen and oxygen atoms in total. The fourth-order valence-electron chi connectivity index (χ4n) is 3.51. The van der Waals surface area contributed by atoms with E-state index in [9.17, 15) is 4.79 Å². The van der Waals surface area contributed by atoms with E-state index in [1.165, 1.54) is 25.7 Å². The fraction of sp³-hybridized carbons (Fsp3) is 0.929. The van der Waals surface area contributed by atoms with Crippen LogP contribution in [0.25, 0.3) is 0 Å². The van der Waals surface area contributed by atoms with Crippen molar-refractivity contribution in [2.24, 2.45) is 0 Å². The molecule has 1 saturated heterocycles. The molecule has 1 heterocycles. The summed E-state index contributed by atoms with van der Waals surface area (Å²) in [6, 6.07) is 0. The minimum absolute atomic E-state index is 0.0772. The minimum Gasteiger partial charge on any atom is -0.460 e. The molecule has 3 rings (SSSR count). The summed E-state index contributed by atoms with van der Waals surface area (Å²) in [5.41, 5.74) is -0.684. The third kappa shape index (κ3) is 1.62. The molecule has 2 saturated carbocycles. The molecule has 1 atom stereocenters. The Morgan fingerprint density at radius 1 is 1.24 bits per heavy atom. The Hall–Kier alpha value is -0.570. The lowest BCUT2D eigenvalue weighted by Gasteiger charge is -2.28. The number of epoxide rings is 1. The van der Waals surface area contributed by atoms with Crippen LogP contribution in [0, 0.1) is 0 Å². The van der Waals surface area contributed by atoms with Crippen molar-refractivity contribution in [2.75, 3.05) is 0 Å². The van der Waals surface area contributed by atoms with Crippen molar-refractivity contribution in [2.45, 2.75) is 82.0 Å². The van der Waals surface area contributed by atoms with Gasteiger partial charge in [-0.15, -0.1) is 0 Å². The van der Waals surface area contributed by atoms with E-state index in [4.69, 9.17) is 9.47 Å². The van der Waals surface area contributed by atoms with Gasteiger partial charge in [0, 0.05) is 0 Å². The maximum Gasteiger partial charge on any atom is 0.341 e. The van der Waals surface area contributed by atoms with Crippen molar-refractivity contribution in [3.8, 4) is 0 Å². The van der Waals surface area contributed by atoms with Gasteiger partial charge in [-0.3, -0.25) is 0 Å². The van der Waals surface area contributed by atoms with Crippen molar-refractivity contribution in [1.29, 1.82) is 0 Å². The highest BCUT2D eigenvalue weighted by atomic mass is 16.7. The topological polar surface area (TPSA) is 38.8 Å². The first-order valence-electron chi connectivity index (χ1n) is 7.14. The molecule has 0 N–H and O–H groups in total. The Labute approximate surface area is 103 Å². The van der Waals surface area contributed by atoms with Crippen LogP contribution in [0.1, 0.15) is 64.7 Å². The summed E-state index contributed by atoms with van der Waals surface area (Å²) < 4.78 is 11.5. The molecule has 0 aromatic rings. The zero-order valence-corrected chi connectivity index (χ0v) is 10.7. The highest BCUT2D eigenvalue weighted by Crippen LogP contribution is 2.62. The lowest BCUT2D eigenvalue weighted by atomic mass is 9.74. The molecule has 96 valence electrons. The summed E-state index contributed by atoms with van der Waals surface area (Å²) in [5, 5.41) is 0. The van der Waals surface area contributed by atoms with Gasteiger partial charge in [0.15, 0.2) is 5.60 Å². The molecular formula is C14H22O3. The molecule has 2 aliphatic carbocycles. The third-order valence-corrected chi connectivity index (χ3v) is 4.88. The Balaban J connectivity index is 1.61. The van der Waals surface area contributed by atoms with Crippen LogP contribution in [0.4, 0.5) is 0 Å². The van der Waals surface area contributed by atoms with E-state index >= 15 is 0 Å². The molecule has 0 aromatic carbocycles. The summed E-state index contributed by atoms with van der Waals surface area (Å²) in [7, 11) is 0. The maximum atomic E-state index is 12.3. The van der Waals surface area contributed by atoms with Crippen LogP contribution >= 0.6 is 0 Å². The Kier molecular flexibility index (Phi) is 2.69. The van der Waals surface area contributed by atoms with Gasteiger partial charge in [0.1, 0.15) is 11.7 Å². The molecule has 0 radical (unpaired) electrons. The standard InChI is InChI=1S/C14H22O3/c1-2-14(13(17-14)9-6-10-13)12(15)16-11-7-4-3-5-8-11/h11H,2-10H2,1H3. The summed E-state index contributed by atoms with van der Waals surface area (Å²) in [4.78, 5) is 12.3. The molecule has 0 bridgehead atoms. The van der Waals surface area contributed by atoms with Gasteiger partial charge in [0.2, 0.25) is 0 Å². The van der Waals surface area contributed by atoms with Crippen LogP contribution < -0.4 is 0 Å². The van der Waals surface area contributed by atoms with Gasteiger partial charge in [-0.05, 0) is 51.4 Å². The quantitative estimate of drug-likeness (QED) is 0.560. The van der Waals surface area contributed by atoms with E-state index in [0.717, 1.165) is 32.1 Å². The predicted octanol–water partition coefficient (Wildman–Crippen LogP) is 2.96. The first-order valence-corrected chi connectivity index (χ1v) is 7.14. The molecular weight excluding hydrogens is 216 g/mol. The number of carbonyl (C=O) groups excluding carboxylic acids is 1. The number of rotatable bonds is 3. The van der Waals surface area contributed by atoms with Gasteiger partial charge >= 0.3 is 5.97 Å². The first-order chi connectivity index (χ1) is 8.22. The highest BCUT2D eigenvalue weighted by Gasteiger charge is 2.76. The summed E-state index contributed by atoms with van der Waals surface area (Å²) >= 11 is 0. The first kappa shape index (κ1) is 11.5. The monoisotopic (exact) mass is 238 g/mol. The number of ether oxygens (including phenoxy) is 2. The Morgan fingerprint density at radius 3 is 2.41 bits per heavy atom. The molecule has 17 heavy (non-hydrogen) atoms. The molecule has 0 aromatic heterocycles. The predicted molar refractivity (Wildman–Crippen MR) is 63.7 cm³/mol. The van der Waals surface area contributed by atoms with Crippen LogP contribution in [0.5, 0.6) is 0 Å². The second-order valence-corrected chi connectivity index (χ2v) is 5.80. The normalized spacial score (nSPS) is 35.4. The van der Waals surface area contributed by atoms with E-state index in [0.29, 0.717) is 0 Å². The van der Waals surface area contributed by atoms with Crippen molar-refractivity contribution < 1.29 is 14.3 Å². The Morgan fingerprint density at radius 2 is 1.94 bits per heavy atom. The van der Waals surface area contributed by atoms with E-state index in [1.807, 2.05) is 6.92 Å². The molecule has 1 aliphatic heterocycles. The van der Waals surface area contributed by atoms with Gasteiger partial charge in [-0.1, -0.05) is 13.3 Å². The lowest BCUT2D eigenvalue weighted by molar-refractivity contribution is -0.157. The highest BCUT2D eigenvalue weighted by molar-refractivity contribution is 5.85. The Bertz CT molecular complexity index is 315. The van der Waals surface area contributed by atoms with E-state index < -0.39 is 5.60 Å². The third-order valence-electron chi connectivity index (χ3n) is 4.88. The van der Waals surface area contributed by atoms with Crippen LogP contribution in [0.2, 0.25) is 0 Å². The van der Waals surface area contributed by atoms with Gasteiger partial charge in [0.05, 0.1) is 0 Å². The van der Waals surface area contributed by atoms with Gasteiger partial charge < -0.3 is 9.47 Å². The molecule has 3 heteroatoms. The van der Waals surface area contributed by atoms with Crippen LogP contribution in [-0.4, -0.2) is 23.3 Å². The van der Waals surface area contributed by atoms with Gasteiger partial charge in [0.25, 0.3) is 0 Å². The summed E-state index contributed by atoms with van der Waals surface area (Å²) in [6.07, 6.45) is 9.95. The van der Waals surface area contributed by atoms with Crippen LogP contribution in [0.15, 0.2) is 0 Å². The second-order valence-electron chi connectivity index (χ2n) is 5.80. The summed E-state index contributed by atoms with van der Waals surface area (Å²) in [5.74, 6) is -0.0772. The van der Waals surface area contributed by atoms with Crippen molar-refractivity contribution in [3.63, 3.8) is 0 Å². The van der Waals surface area contributed by atoms with E-state index in [2.05, 4.69) is 0 Å². The number of carbonyl (C=O) groups is 1. The average Bonchev–Trinajstić information content (AvgIpc) is 3.01. The van der Waals surface area contributed by atoms with Crippen LogP contribution in [0.3, 0.4) is 0 Å². The second kappa shape index (κ2) is 3.98. The van der Waals surface area contributed by atoms with Crippen molar-refractivity contribution in [1.82, 2.24) is 0 Å². The van der Waals surface area contributed by atoms with Crippen LogP contribution in [-0.2, 0) is 14.3 Å². The zero-order valence-electron chi connectivity index (χ0n) is 10.7. The van der Waals surface area contributed by atoms with Crippen molar-refractivity contribution in [3.05, 3.63) is 0 Å².